The summed E-state index contributed by atoms with van der Waals surface area (Å²) in [4.78, 5) is 26.8. The average Bonchev–Trinajstić information content (AvgIpc) is 3.02. The molecule has 0 unspecified atom stereocenters. The molecule has 3 aromatic carbocycles. The fraction of sp³-hybridized carbons (Fsp3) is 0.120. The van der Waals surface area contributed by atoms with E-state index >= 15 is 0 Å². The standard InChI is InChI=1S/C25H20ClNO3S/c1-17-9-11-18(12-10-17)16-30-21-7-4-5-19(13-21)14-23-24(28)27(25(29)31-23)15-20-6-2-3-8-22(20)26/h2-14H,15-16H2,1H3/b23-14-. The second-order valence-corrected chi connectivity index (χ2v) is 8.61. The van der Waals surface area contributed by atoms with Crippen LogP contribution < -0.4 is 4.74 Å². The van der Waals surface area contributed by atoms with Crippen molar-refractivity contribution in [1.82, 2.24) is 4.90 Å². The zero-order valence-corrected chi connectivity index (χ0v) is 18.5. The first-order chi connectivity index (χ1) is 15.0. The van der Waals surface area contributed by atoms with Gasteiger partial charge in [-0.1, -0.05) is 71.8 Å². The van der Waals surface area contributed by atoms with E-state index in [1.807, 2.05) is 73.7 Å². The van der Waals surface area contributed by atoms with Gasteiger partial charge in [0, 0.05) is 5.02 Å². The number of imide groups is 1. The fourth-order valence-corrected chi connectivity index (χ4v) is 4.16. The summed E-state index contributed by atoms with van der Waals surface area (Å²) in [5.41, 5.74) is 3.81. The molecule has 0 N–H and O–H groups in total. The maximum atomic E-state index is 12.8. The number of ether oxygens (including phenoxy) is 1. The van der Waals surface area contributed by atoms with Crippen LogP contribution in [0.4, 0.5) is 4.79 Å². The molecule has 156 valence electrons. The van der Waals surface area contributed by atoms with Crippen molar-refractivity contribution < 1.29 is 14.3 Å². The Labute approximate surface area is 190 Å². The van der Waals surface area contributed by atoms with Gasteiger partial charge in [0.1, 0.15) is 12.4 Å². The number of thioether (sulfide) groups is 1. The van der Waals surface area contributed by atoms with E-state index in [1.54, 1.807) is 12.1 Å². The maximum absolute atomic E-state index is 12.8. The Bertz CT molecular complexity index is 1160. The van der Waals surface area contributed by atoms with Crippen LogP contribution in [0, 0.1) is 6.92 Å². The van der Waals surface area contributed by atoms with Gasteiger partial charge in [0.15, 0.2) is 0 Å². The molecule has 1 aliphatic heterocycles. The molecule has 0 saturated carbocycles. The predicted molar refractivity (Wildman–Crippen MR) is 125 cm³/mol. The molecule has 0 radical (unpaired) electrons. The second kappa shape index (κ2) is 9.41. The highest BCUT2D eigenvalue weighted by atomic mass is 35.5. The third-order valence-corrected chi connectivity index (χ3v) is 6.12. The van der Waals surface area contributed by atoms with Crippen LogP contribution in [0.3, 0.4) is 0 Å². The van der Waals surface area contributed by atoms with E-state index in [4.69, 9.17) is 16.3 Å². The molecule has 1 heterocycles. The Hall–Kier alpha value is -3.02. The number of carbonyl (C=O) groups is 2. The highest BCUT2D eigenvalue weighted by molar-refractivity contribution is 8.18. The van der Waals surface area contributed by atoms with Crippen LogP contribution in [-0.4, -0.2) is 16.0 Å². The Morgan fingerprint density at radius 3 is 2.55 bits per heavy atom. The third-order valence-electron chi connectivity index (χ3n) is 4.84. The largest absolute Gasteiger partial charge is 0.489 e. The van der Waals surface area contributed by atoms with Crippen LogP contribution >= 0.6 is 23.4 Å². The first-order valence-corrected chi connectivity index (χ1v) is 11.0. The molecule has 0 aliphatic carbocycles. The number of hydrogen-bond donors (Lipinski definition) is 0. The van der Waals surface area contributed by atoms with Gasteiger partial charge in [-0.15, -0.1) is 0 Å². The summed E-state index contributed by atoms with van der Waals surface area (Å²) in [6, 6.07) is 22.8. The number of halogens is 1. The van der Waals surface area contributed by atoms with Crippen LogP contribution in [0.1, 0.15) is 22.3 Å². The lowest BCUT2D eigenvalue weighted by Gasteiger charge is -2.13. The summed E-state index contributed by atoms with van der Waals surface area (Å²) >= 11 is 7.11. The van der Waals surface area contributed by atoms with Gasteiger partial charge < -0.3 is 4.74 Å². The van der Waals surface area contributed by atoms with E-state index in [-0.39, 0.29) is 17.7 Å². The number of nitrogens with zero attached hydrogens (tertiary/aromatic N) is 1. The first-order valence-electron chi connectivity index (χ1n) is 9.77. The normalized spacial score (nSPS) is 15.0. The summed E-state index contributed by atoms with van der Waals surface area (Å²) < 4.78 is 5.89. The van der Waals surface area contributed by atoms with Crippen molar-refractivity contribution in [2.45, 2.75) is 20.1 Å². The van der Waals surface area contributed by atoms with Crippen molar-refractivity contribution in [2.75, 3.05) is 0 Å². The van der Waals surface area contributed by atoms with Gasteiger partial charge in [0.05, 0.1) is 11.4 Å². The predicted octanol–water partition coefficient (Wildman–Crippen LogP) is 6.46. The van der Waals surface area contributed by atoms with Gasteiger partial charge >= 0.3 is 0 Å². The molecule has 31 heavy (non-hydrogen) atoms. The van der Waals surface area contributed by atoms with Crippen molar-refractivity contribution in [3.8, 4) is 5.75 Å². The van der Waals surface area contributed by atoms with Crippen molar-refractivity contribution >= 4 is 40.6 Å². The first kappa shape index (κ1) is 21.2. The maximum Gasteiger partial charge on any atom is 0.293 e. The molecule has 0 bridgehead atoms. The Balaban J connectivity index is 1.46. The number of hydrogen-bond acceptors (Lipinski definition) is 4. The molecule has 3 aromatic rings. The number of benzene rings is 3. The second-order valence-electron chi connectivity index (χ2n) is 7.21. The van der Waals surface area contributed by atoms with Crippen molar-refractivity contribution in [1.29, 1.82) is 0 Å². The summed E-state index contributed by atoms with van der Waals surface area (Å²) in [6.45, 7) is 2.66. The summed E-state index contributed by atoms with van der Waals surface area (Å²) in [5.74, 6) is 0.380. The average molecular weight is 450 g/mol. The number of carbonyl (C=O) groups excluding carboxylic acids is 2. The zero-order valence-electron chi connectivity index (χ0n) is 16.9. The summed E-state index contributed by atoms with van der Waals surface area (Å²) in [5, 5.41) is 0.229. The minimum atomic E-state index is -0.319. The molecule has 1 fully saturated rings. The van der Waals surface area contributed by atoms with Crippen LogP contribution in [-0.2, 0) is 17.9 Å². The molecule has 0 spiro atoms. The van der Waals surface area contributed by atoms with E-state index in [0.29, 0.717) is 22.3 Å². The molecule has 2 amide bonds. The van der Waals surface area contributed by atoms with E-state index in [9.17, 15) is 9.59 Å². The van der Waals surface area contributed by atoms with E-state index in [2.05, 4.69) is 0 Å². The van der Waals surface area contributed by atoms with Gasteiger partial charge in [-0.05, 0) is 59.7 Å². The molecule has 0 atom stereocenters. The van der Waals surface area contributed by atoms with E-state index in [1.165, 1.54) is 10.5 Å². The smallest absolute Gasteiger partial charge is 0.293 e. The summed E-state index contributed by atoms with van der Waals surface area (Å²) in [7, 11) is 0. The van der Waals surface area contributed by atoms with Crippen LogP contribution in [0.15, 0.2) is 77.7 Å². The van der Waals surface area contributed by atoms with E-state index < -0.39 is 0 Å². The number of rotatable bonds is 6. The van der Waals surface area contributed by atoms with Crippen molar-refractivity contribution in [3.05, 3.63) is 105 Å². The molecule has 4 nitrogen and oxygen atoms in total. The number of amides is 2. The SMILES string of the molecule is Cc1ccc(COc2cccc(/C=C3\SC(=O)N(Cc4ccccc4Cl)C3=O)c2)cc1. The Morgan fingerprint density at radius 2 is 1.77 bits per heavy atom. The van der Waals surface area contributed by atoms with Gasteiger partial charge in [0.25, 0.3) is 11.1 Å². The lowest BCUT2D eigenvalue weighted by Crippen LogP contribution is -2.27. The molecule has 4 rings (SSSR count). The third kappa shape index (κ3) is 5.19. The van der Waals surface area contributed by atoms with Crippen LogP contribution in [0.5, 0.6) is 5.75 Å². The monoisotopic (exact) mass is 449 g/mol. The summed E-state index contributed by atoms with van der Waals surface area (Å²) in [6.07, 6.45) is 1.72. The van der Waals surface area contributed by atoms with Gasteiger partial charge in [-0.2, -0.15) is 0 Å². The van der Waals surface area contributed by atoms with Crippen molar-refractivity contribution in [2.24, 2.45) is 0 Å². The highest BCUT2D eigenvalue weighted by Crippen LogP contribution is 2.34. The molecular formula is C25H20ClNO3S. The Morgan fingerprint density at radius 1 is 1.00 bits per heavy atom. The lowest BCUT2D eigenvalue weighted by atomic mass is 10.1. The minimum Gasteiger partial charge on any atom is -0.489 e. The number of aryl methyl sites for hydroxylation is 1. The van der Waals surface area contributed by atoms with Gasteiger partial charge in [-0.3, -0.25) is 14.5 Å². The zero-order chi connectivity index (χ0) is 21.8. The van der Waals surface area contributed by atoms with Crippen LogP contribution in [0.25, 0.3) is 6.08 Å². The quantitative estimate of drug-likeness (QED) is 0.405. The molecule has 1 aliphatic rings. The van der Waals surface area contributed by atoms with Crippen molar-refractivity contribution in [3.63, 3.8) is 0 Å². The van der Waals surface area contributed by atoms with Crippen LogP contribution in [0.2, 0.25) is 5.02 Å². The molecular weight excluding hydrogens is 430 g/mol. The molecule has 0 aromatic heterocycles. The van der Waals surface area contributed by atoms with Gasteiger partial charge in [0.2, 0.25) is 0 Å². The minimum absolute atomic E-state index is 0.154. The Kier molecular flexibility index (Phi) is 6.44. The fourth-order valence-electron chi connectivity index (χ4n) is 3.13. The molecule has 6 heteroatoms. The highest BCUT2D eigenvalue weighted by Gasteiger charge is 2.35. The van der Waals surface area contributed by atoms with E-state index in [0.717, 1.165) is 28.5 Å². The van der Waals surface area contributed by atoms with Gasteiger partial charge in [-0.25, -0.2) is 0 Å². The molecule has 1 saturated heterocycles. The topological polar surface area (TPSA) is 46.6 Å². The lowest BCUT2D eigenvalue weighted by molar-refractivity contribution is -0.123.